The van der Waals surface area contributed by atoms with Crippen LogP contribution in [0.5, 0.6) is 0 Å². The number of hydrogen-bond donors (Lipinski definition) is 1. The molecule has 5 heteroatoms. The molecule has 1 atom stereocenters. The first-order chi connectivity index (χ1) is 15.0. The fraction of sp³-hybridized carbons (Fsp3) is 0.769. The van der Waals surface area contributed by atoms with Crippen molar-refractivity contribution in [3.8, 4) is 0 Å². The molecule has 180 valence electrons. The lowest BCUT2D eigenvalue weighted by Gasteiger charge is -2.35. The van der Waals surface area contributed by atoms with Crippen molar-refractivity contribution in [2.24, 2.45) is 5.92 Å². The zero-order valence-corrected chi connectivity index (χ0v) is 19.9. The van der Waals surface area contributed by atoms with Gasteiger partial charge in [-0.25, -0.2) is 8.78 Å². The van der Waals surface area contributed by atoms with Crippen LogP contribution >= 0.6 is 0 Å². The molecule has 0 saturated carbocycles. The van der Waals surface area contributed by atoms with Gasteiger partial charge in [-0.3, -0.25) is 0 Å². The van der Waals surface area contributed by atoms with Gasteiger partial charge >= 0.3 is 0 Å². The first-order valence-corrected chi connectivity index (χ1v) is 12.4. The molecule has 0 aromatic heterocycles. The quantitative estimate of drug-likeness (QED) is 0.178. The maximum atomic E-state index is 13.3. The predicted octanol–water partition coefficient (Wildman–Crippen LogP) is 7.54. The normalized spacial score (nSPS) is 13.0. The molecule has 1 unspecified atom stereocenters. The molecule has 31 heavy (non-hydrogen) atoms. The highest BCUT2D eigenvalue weighted by molar-refractivity contribution is 5.17. The van der Waals surface area contributed by atoms with Gasteiger partial charge in [0, 0.05) is 19.1 Å². The zero-order valence-electron chi connectivity index (χ0n) is 19.9. The minimum Gasteiger partial charge on any atom is -0.343 e. The molecular weight excluding hydrogens is 398 g/mol. The summed E-state index contributed by atoms with van der Waals surface area (Å²) in [4.78, 5) is 0. The maximum absolute atomic E-state index is 13.3. The van der Waals surface area contributed by atoms with Crippen LogP contribution in [-0.2, 0) is 15.9 Å². The predicted molar refractivity (Wildman–Crippen MR) is 123 cm³/mol. The average Bonchev–Trinajstić information content (AvgIpc) is 2.74. The topological polar surface area (TPSA) is 38.7 Å². The van der Waals surface area contributed by atoms with E-state index in [4.69, 9.17) is 9.47 Å². The molecule has 1 aromatic carbocycles. The second kappa shape index (κ2) is 16.6. The summed E-state index contributed by atoms with van der Waals surface area (Å²) in [5, 5.41) is 11.0. The monoisotopic (exact) mass is 442 g/mol. The van der Waals surface area contributed by atoms with Crippen LogP contribution in [0.3, 0.4) is 0 Å². The molecule has 0 heterocycles. The highest BCUT2D eigenvalue weighted by atomic mass is 19.2. The highest BCUT2D eigenvalue weighted by Crippen LogP contribution is 2.31. The van der Waals surface area contributed by atoms with Gasteiger partial charge in [-0.05, 0) is 57.2 Å². The van der Waals surface area contributed by atoms with Crippen LogP contribution in [0.25, 0.3) is 0 Å². The molecule has 0 aliphatic rings. The average molecular weight is 443 g/mol. The number of aryl methyl sites for hydroxylation is 1. The molecule has 0 radical (unpaired) electrons. The smallest absolute Gasteiger partial charge is 0.283 e. The standard InChI is InChI=1S/C26H44F2O3/c1-4-7-8-9-10-14-17-23(26(29,30-5-2)31-6-3)18-15-12-11-13-16-22-19-20-24(27)25(28)21-22/h19-21,23,29H,4-18H2,1-3H3. The summed E-state index contributed by atoms with van der Waals surface area (Å²) in [5.41, 5.74) is 0.835. The van der Waals surface area contributed by atoms with Crippen LogP contribution in [0.15, 0.2) is 18.2 Å². The van der Waals surface area contributed by atoms with Crippen LogP contribution in [0.4, 0.5) is 8.78 Å². The van der Waals surface area contributed by atoms with Crippen molar-refractivity contribution in [1.82, 2.24) is 0 Å². The summed E-state index contributed by atoms with van der Waals surface area (Å²) in [6.45, 7) is 6.81. The minimum absolute atomic E-state index is 0.0373. The summed E-state index contributed by atoms with van der Waals surface area (Å²) >= 11 is 0. The van der Waals surface area contributed by atoms with Gasteiger partial charge in [0.25, 0.3) is 5.97 Å². The van der Waals surface area contributed by atoms with Crippen molar-refractivity contribution in [2.75, 3.05) is 13.2 Å². The van der Waals surface area contributed by atoms with E-state index >= 15 is 0 Å². The van der Waals surface area contributed by atoms with Crippen LogP contribution in [0, 0.1) is 17.6 Å². The fourth-order valence-electron chi connectivity index (χ4n) is 4.14. The Balaban J connectivity index is 2.43. The molecule has 0 fully saturated rings. The third-order valence-electron chi connectivity index (χ3n) is 5.88. The lowest BCUT2D eigenvalue weighted by molar-refractivity contribution is -0.385. The molecule has 3 nitrogen and oxygen atoms in total. The summed E-state index contributed by atoms with van der Waals surface area (Å²) in [7, 11) is 0. The SMILES string of the molecule is CCCCCCCCC(CCCCCCc1ccc(F)c(F)c1)C(O)(OCC)OCC. The van der Waals surface area contributed by atoms with Crippen molar-refractivity contribution in [3.63, 3.8) is 0 Å². The number of rotatable bonds is 19. The van der Waals surface area contributed by atoms with E-state index in [0.717, 1.165) is 56.9 Å². The van der Waals surface area contributed by atoms with Crippen molar-refractivity contribution in [1.29, 1.82) is 0 Å². The highest BCUT2D eigenvalue weighted by Gasteiger charge is 2.37. The van der Waals surface area contributed by atoms with Gasteiger partial charge in [-0.1, -0.05) is 70.8 Å². The number of benzene rings is 1. The van der Waals surface area contributed by atoms with Gasteiger partial charge in [0.15, 0.2) is 11.6 Å². The Morgan fingerprint density at radius 1 is 0.774 bits per heavy atom. The molecule has 1 rings (SSSR count). The Kier molecular flexibility index (Phi) is 15.0. The molecule has 0 bridgehead atoms. The van der Waals surface area contributed by atoms with Crippen molar-refractivity contribution in [3.05, 3.63) is 35.4 Å². The summed E-state index contributed by atoms with van der Waals surface area (Å²) < 4.78 is 37.6. The number of ether oxygens (including phenoxy) is 2. The zero-order chi connectivity index (χ0) is 23.0. The van der Waals surface area contributed by atoms with E-state index in [-0.39, 0.29) is 5.92 Å². The first-order valence-electron chi connectivity index (χ1n) is 12.4. The van der Waals surface area contributed by atoms with E-state index in [1.807, 2.05) is 13.8 Å². The molecular formula is C26H44F2O3. The largest absolute Gasteiger partial charge is 0.343 e. The van der Waals surface area contributed by atoms with Gasteiger partial charge in [-0.2, -0.15) is 0 Å². The Hall–Kier alpha value is -1.04. The van der Waals surface area contributed by atoms with E-state index in [0.29, 0.717) is 13.2 Å². The van der Waals surface area contributed by atoms with Gasteiger partial charge in [0.2, 0.25) is 0 Å². The van der Waals surface area contributed by atoms with Crippen molar-refractivity contribution in [2.45, 2.75) is 110 Å². The molecule has 0 spiro atoms. The number of unbranched alkanes of at least 4 members (excludes halogenated alkanes) is 8. The third kappa shape index (κ3) is 11.4. The van der Waals surface area contributed by atoms with Gasteiger partial charge in [-0.15, -0.1) is 0 Å². The Labute approximate surface area is 188 Å². The van der Waals surface area contributed by atoms with Gasteiger partial charge in [0.1, 0.15) is 0 Å². The van der Waals surface area contributed by atoms with E-state index in [1.54, 1.807) is 6.07 Å². The molecule has 0 saturated heterocycles. The second-order valence-corrected chi connectivity index (χ2v) is 8.45. The van der Waals surface area contributed by atoms with Crippen LogP contribution in [-0.4, -0.2) is 24.3 Å². The molecule has 1 N–H and O–H groups in total. The molecule has 0 aliphatic carbocycles. The Bertz CT molecular complexity index is 574. The fourth-order valence-corrected chi connectivity index (χ4v) is 4.14. The van der Waals surface area contributed by atoms with E-state index in [9.17, 15) is 13.9 Å². The van der Waals surface area contributed by atoms with E-state index in [1.165, 1.54) is 44.2 Å². The van der Waals surface area contributed by atoms with Gasteiger partial charge in [0.05, 0.1) is 0 Å². The molecule has 0 amide bonds. The maximum Gasteiger partial charge on any atom is 0.283 e. The third-order valence-corrected chi connectivity index (χ3v) is 5.88. The molecule has 1 aromatic rings. The number of aliphatic hydroxyl groups is 1. The second-order valence-electron chi connectivity index (χ2n) is 8.45. The van der Waals surface area contributed by atoms with Crippen LogP contribution < -0.4 is 0 Å². The minimum atomic E-state index is -1.50. The Morgan fingerprint density at radius 2 is 1.32 bits per heavy atom. The van der Waals surface area contributed by atoms with E-state index in [2.05, 4.69) is 6.92 Å². The van der Waals surface area contributed by atoms with Gasteiger partial charge < -0.3 is 14.6 Å². The van der Waals surface area contributed by atoms with Crippen LogP contribution in [0.1, 0.15) is 103 Å². The summed E-state index contributed by atoms with van der Waals surface area (Å²) in [6, 6.07) is 4.13. The number of halogens is 2. The summed E-state index contributed by atoms with van der Waals surface area (Å²) in [5.74, 6) is -3.11. The van der Waals surface area contributed by atoms with Crippen molar-refractivity contribution >= 4 is 0 Å². The lowest BCUT2D eigenvalue weighted by atomic mass is 9.91. The lowest BCUT2D eigenvalue weighted by Crippen LogP contribution is -2.44. The Morgan fingerprint density at radius 3 is 1.87 bits per heavy atom. The van der Waals surface area contributed by atoms with Crippen LogP contribution in [0.2, 0.25) is 0 Å². The molecule has 0 aliphatic heterocycles. The summed E-state index contributed by atoms with van der Waals surface area (Å²) in [6.07, 6.45) is 13.8. The van der Waals surface area contributed by atoms with Crippen molar-refractivity contribution < 1.29 is 23.4 Å². The first kappa shape index (κ1) is 28.0. The number of hydrogen-bond acceptors (Lipinski definition) is 3. The van der Waals surface area contributed by atoms with E-state index < -0.39 is 17.6 Å².